The number of hydrogen-bond donors (Lipinski definition) is 0. The molecule has 1 atom stereocenters. The highest BCUT2D eigenvalue weighted by atomic mass is 32.2. The molecule has 0 radical (unpaired) electrons. The number of hydrogen-bond acceptors (Lipinski definition) is 11. The molecule has 0 saturated carbocycles. The summed E-state index contributed by atoms with van der Waals surface area (Å²) in [6.45, 7) is 4.08. The maximum Gasteiger partial charge on any atom is 0.338 e. The Morgan fingerprint density at radius 2 is 2.00 bits per heavy atom. The number of nitrogens with zero attached hydrogens (tertiary/aromatic N) is 4. The van der Waals surface area contributed by atoms with Crippen LogP contribution in [0.5, 0.6) is 11.5 Å². The topological polar surface area (TPSA) is 118 Å². The van der Waals surface area contributed by atoms with Crippen LogP contribution in [0.3, 0.4) is 0 Å². The van der Waals surface area contributed by atoms with Gasteiger partial charge in [-0.05, 0) is 61.0 Å². The smallest absolute Gasteiger partial charge is 0.338 e. The van der Waals surface area contributed by atoms with Gasteiger partial charge in [-0.3, -0.25) is 9.36 Å². The third kappa shape index (κ3) is 4.95. The van der Waals surface area contributed by atoms with E-state index in [9.17, 15) is 9.59 Å². The first-order valence-electron chi connectivity index (χ1n) is 12.7. The first-order chi connectivity index (χ1) is 19.6. The van der Waals surface area contributed by atoms with Gasteiger partial charge >= 0.3 is 5.97 Å². The van der Waals surface area contributed by atoms with E-state index in [0.29, 0.717) is 60.1 Å². The van der Waals surface area contributed by atoms with Gasteiger partial charge in [-0.15, -0.1) is 0 Å². The summed E-state index contributed by atoms with van der Waals surface area (Å²) in [5, 5.41) is 1.15. The minimum absolute atomic E-state index is 0.114. The normalized spacial score (nSPS) is 16.1. The molecule has 0 fully saturated rings. The number of rotatable bonds is 8. The first-order valence-corrected chi connectivity index (χ1v) is 14.3. The molecule has 3 aromatic heterocycles. The molecule has 10 nitrogen and oxygen atoms in total. The molecule has 0 N–H and O–H groups in total. The lowest BCUT2D eigenvalue weighted by molar-refractivity contribution is -0.139. The van der Waals surface area contributed by atoms with Crippen LogP contribution in [0.4, 0.5) is 0 Å². The summed E-state index contributed by atoms with van der Waals surface area (Å²) >= 11 is 2.53. The number of thiazole rings is 1. The lowest BCUT2D eigenvalue weighted by atomic mass is 9.94. The van der Waals surface area contributed by atoms with E-state index >= 15 is 0 Å². The fraction of sp³-hybridized carbons (Fsp3) is 0.250. The van der Waals surface area contributed by atoms with Crippen LogP contribution < -0.4 is 24.4 Å². The van der Waals surface area contributed by atoms with Crippen LogP contribution in [-0.4, -0.2) is 33.9 Å². The van der Waals surface area contributed by atoms with Crippen LogP contribution in [0.25, 0.3) is 6.08 Å². The Labute approximate surface area is 236 Å². The Hall–Kier alpha value is -4.16. The summed E-state index contributed by atoms with van der Waals surface area (Å²) in [5.41, 5.74) is 1.36. The molecule has 1 aromatic carbocycles. The number of fused-ring (bicyclic) bond motifs is 2. The van der Waals surface area contributed by atoms with E-state index in [-0.39, 0.29) is 19.0 Å². The monoisotopic (exact) mass is 576 g/mol. The summed E-state index contributed by atoms with van der Waals surface area (Å²) in [6, 6.07) is 10.0. The lowest BCUT2D eigenvalue weighted by Crippen LogP contribution is -2.40. The van der Waals surface area contributed by atoms with E-state index in [2.05, 4.69) is 9.97 Å². The summed E-state index contributed by atoms with van der Waals surface area (Å²) in [4.78, 5) is 40.9. The highest BCUT2D eigenvalue weighted by Gasteiger charge is 2.35. The molecule has 0 saturated heterocycles. The predicted molar refractivity (Wildman–Crippen MR) is 147 cm³/mol. The van der Waals surface area contributed by atoms with Crippen molar-refractivity contribution >= 4 is 35.1 Å². The van der Waals surface area contributed by atoms with Crippen molar-refractivity contribution < 1.29 is 23.4 Å². The van der Waals surface area contributed by atoms with Gasteiger partial charge in [0, 0.05) is 18.5 Å². The van der Waals surface area contributed by atoms with Crippen molar-refractivity contribution in [1.29, 1.82) is 0 Å². The molecule has 0 bridgehead atoms. The van der Waals surface area contributed by atoms with Crippen molar-refractivity contribution in [2.45, 2.75) is 43.0 Å². The van der Waals surface area contributed by atoms with Gasteiger partial charge in [0.1, 0.15) is 5.76 Å². The molecule has 6 rings (SSSR count). The van der Waals surface area contributed by atoms with Crippen molar-refractivity contribution in [2.75, 3.05) is 13.4 Å². The molecule has 0 aliphatic carbocycles. The summed E-state index contributed by atoms with van der Waals surface area (Å²) < 4.78 is 24.4. The number of carbonyl (C=O) groups is 1. The van der Waals surface area contributed by atoms with Gasteiger partial charge in [0.2, 0.25) is 6.79 Å². The van der Waals surface area contributed by atoms with E-state index in [1.54, 1.807) is 60.3 Å². The first kappa shape index (κ1) is 26.1. The third-order valence-electron chi connectivity index (χ3n) is 6.21. The summed E-state index contributed by atoms with van der Waals surface area (Å²) in [6.07, 6.45) is 6.33. The van der Waals surface area contributed by atoms with E-state index < -0.39 is 12.0 Å². The molecule has 40 heavy (non-hydrogen) atoms. The average Bonchev–Trinajstić information content (AvgIpc) is 3.68. The molecule has 0 unspecified atom stereocenters. The van der Waals surface area contributed by atoms with Crippen LogP contribution >= 0.6 is 23.1 Å². The van der Waals surface area contributed by atoms with Crippen LogP contribution in [0, 0.1) is 0 Å². The fourth-order valence-electron chi connectivity index (χ4n) is 4.54. The second kappa shape index (κ2) is 11.1. The average molecular weight is 577 g/mol. The SMILES string of the molecule is CCCC1=C(C(=O)OCC)[C@@H](c2ccc3c(c2)OCO3)n2c(s/c(=C/c3ccc(Sc4ncccn4)o3)c2=O)=N1. The van der Waals surface area contributed by atoms with E-state index in [1.807, 2.05) is 13.0 Å². The number of carbonyl (C=O) groups excluding carboxylic acids is 1. The molecule has 12 heteroatoms. The van der Waals surface area contributed by atoms with Gasteiger partial charge in [-0.1, -0.05) is 30.7 Å². The fourth-order valence-corrected chi connectivity index (χ4v) is 6.22. The van der Waals surface area contributed by atoms with Crippen molar-refractivity contribution in [2.24, 2.45) is 4.99 Å². The van der Waals surface area contributed by atoms with E-state index in [1.165, 1.54) is 23.1 Å². The number of allylic oxidation sites excluding steroid dienone is 1. The minimum atomic E-state index is -0.744. The molecule has 2 aliphatic heterocycles. The van der Waals surface area contributed by atoms with Gasteiger partial charge in [-0.25, -0.2) is 19.8 Å². The van der Waals surface area contributed by atoms with E-state index in [0.717, 1.165) is 6.42 Å². The third-order valence-corrected chi connectivity index (χ3v) is 8.01. The quantitative estimate of drug-likeness (QED) is 0.228. The number of ether oxygens (including phenoxy) is 3. The van der Waals surface area contributed by atoms with Crippen molar-refractivity contribution in [1.82, 2.24) is 14.5 Å². The maximum absolute atomic E-state index is 13.9. The highest BCUT2D eigenvalue weighted by molar-refractivity contribution is 7.99. The minimum Gasteiger partial charge on any atom is -0.463 e. The molecule has 0 spiro atoms. The molecule has 0 amide bonds. The Morgan fingerprint density at radius 1 is 1.18 bits per heavy atom. The Kier molecular flexibility index (Phi) is 7.27. The summed E-state index contributed by atoms with van der Waals surface area (Å²) in [7, 11) is 0. The number of aromatic nitrogens is 3. The van der Waals surface area contributed by atoms with Crippen molar-refractivity contribution in [3.05, 3.63) is 91.1 Å². The van der Waals surface area contributed by atoms with Gasteiger partial charge in [0.15, 0.2) is 26.5 Å². The number of esters is 1. The maximum atomic E-state index is 13.9. The van der Waals surface area contributed by atoms with Crippen molar-refractivity contribution in [3.8, 4) is 11.5 Å². The van der Waals surface area contributed by atoms with Crippen LogP contribution in [0.2, 0.25) is 0 Å². The van der Waals surface area contributed by atoms with Gasteiger partial charge in [0.05, 0.1) is 28.5 Å². The Bertz CT molecular complexity index is 1790. The molecular formula is C28H24N4O6S2. The zero-order valence-electron chi connectivity index (χ0n) is 21.7. The van der Waals surface area contributed by atoms with Gasteiger partial charge in [0.25, 0.3) is 5.56 Å². The standard InChI is InChI=1S/C28H24N4O6S2/c1-3-6-18-23(26(34)35-4-2)24(16-7-9-19-20(13-16)37-15-36-19)32-25(33)21(39-28(32)31-18)14-17-8-10-22(38-17)40-27-29-11-5-12-30-27/h5,7-14,24H,3-4,6,15H2,1-2H3/b21-14+/t24-/m1/s1. The zero-order valence-corrected chi connectivity index (χ0v) is 23.3. The molecular weight excluding hydrogens is 552 g/mol. The molecule has 4 aromatic rings. The van der Waals surface area contributed by atoms with Gasteiger partial charge < -0.3 is 18.6 Å². The summed E-state index contributed by atoms with van der Waals surface area (Å²) in [5.74, 6) is 1.17. The number of furan rings is 1. The van der Waals surface area contributed by atoms with Crippen LogP contribution in [0.1, 0.15) is 44.1 Å². The molecule has 204 valence electrons. The zero-order chi connectivity index (χ0) is 27.6. The number of benzene rings is 1. The largest absolute Gasteiger partial charge is 0.463 e. The molecule has 5 heterocycles. The van der Waals surface area contributed by atoms with Crippen LogP contribution in [0.15, 0.2) is 84.5 Å². The Balaban J connectivity index is 1.47. The Morgan fingerprint density at radius 3 is 2.80 bits per heavy atom. The van der Waals surface area contributed by atoms with Crippen molar-refractivity contribution in [3.63, 3.8) is 0 Å². The lowest BCUT2D eigenvalue weighted by Gasteiger charge is -2.25. The predicted octanol–water partition coefficient (Wildman–Crippen LogP) is 3.84. The van der Waals surface area contributed by atoms with Crippen LogP contribution in [-0.2, 0) is 9.53 Å². The highest BCUT2D eigenvalue weighted by Crippen LogP contribution is 2.39. The molecule has 2 aliphatic rings. The second-order valence-electron chi connectivity index (χ2n) is 8.82. The van der Waals surface area contributed by atoms with E-state index in [4.69, 9.17) is 23.6 Å². The van der Waals surface area contributed by atoms with Gasteiger partial charge in [-0.2, -0.15) is 0 Å². The second-order valence-corrected chi connectivity index (χ2v) is 10.8.